The molecule has 1 aliphatic heterocycles. The molecule has 0 saturated carbocycles. The fourth-order valence-electron chi connectivity index (χ4n) is 3.68. The number of hydrogen-bond donors (Lipinski definition) is 1. The van der Waals surface area contributed by atoms with Gasteiger partial charge in [-0.05, 0) is 37.0 Å². The molecular weight excluding hydrogens is 362 g/mol. The fourth-order valence-corrected chi connectivity index (χ4v) is 4.36. The van der Waals surface area contributed by atoms with Gasteiger partial charge >= 0.3 is 0 Å². The number of nitrogens with zero attached hydrogens (tertiary/aromatic N) is 4. The third kappa shape index (κ3) is 3.62. The van der Waals surface area contributed by atoms with Gasteiger partial charge in [-0.15, -0.1) is 11.3 Å². The van der Waals surface area contributed by atoms with E-state index in [1.165, 1.54) is 0 Å². The molecular formula is C19H23N5O2S. The van der Waals surface area contributed by atoms with Crippen LogP contribution in [0.25, 0.3) is 10.9 Å². The highest BCUT2D eigenvalue weighted by atomic mass is 32.1. The Morgan fingerprint density at radius 2 is 2.33 bits per heavy atom. The van der Waals surface area contributed by atoms with Crippen molar-refractivity contribution in [3.05, 3.63) is 35.3 Å². The first-order valence-corrected chi connectivity index (χ1v) is 9.97. The number of aromatic nitrogens is 3. The zero-order valence-corrected chi connectivity index (χ0v) is 16.3. The maximum absolute atomic E-state index is 12.6. The van der Waals surface area contributed by atoms with Crippen molar-refractivity contribution < 1.29 is 9.53 Å². The Morgan fingerprint density at radius 1 is 1.44 bits per heavy atom. The first kappa shape index (κ1) is 17.8. The van der Waals surface area contributed by atoms with E-state index in [0.717, 1.165) is 42.0 Å². The van der Waals surface area contributed by atoms with Crippen LogP contribution in [-0.4, -0.2) is 47.4 Å². The smallest absolute Gasteiger partial charge is 0.251 e. The van der Waals surface area contributed by atoms with Crippen LogP contribution >= 0.6 is 11.3 Å². The number of piperidine rings is 1. The summed E-state index contributed by atoms with van der Waals surface area (Å²) in [6, 6.07) is 5.53. The number of thiazole rings is 1. The van der Waals surface area contributed by atoms with Gasteiger partial charge in [-0.2, -0.15) is 5.10 Å². The number of amides is 1. The molecule has 3 heterocycles. The van der Waals surface area contributed by atoms with Gasteiger partial charge in [0.15, 0.2) is 5.13 Å². The van der Waals surface area contributed by atoms with E-state index in [1.54, 1.807) is 23.1 Å². The molecule has 7 nitrogen and oxygen atoms in total. The summed E-state index contributed by atoms with van der Waals surface area (Å²) in [5, 5.41) is 11.5. The Labute approximate surface area is 162 Å². The predicted octanol–water partition coefficient (Wildman–Crippen LogP) is 2.68. The van der Waals surface area contributed by atoms with E-state index in [2.05, 4.69) is 20.3 Å². The lowest BCUT2D eigenvalue weighted by Crippen LogP contribution is -2.41. The van der Waals surface area contributed by atoms with Crippen molar-refractivity contribution in [1.82, 2.24) is 20.1 Å². The maximum atomic E-state index is 12.6. The van der Waals surface area contributed by atoms with E-state index < -0.39 is 0 Å². The minimum absolute atomic E-state index is 0.0621. The summed E-state index contributed by atoms with van der Waals surface area (Å²) in [5.41, 5.74) is 1.38. The zero-order valence-electron chi connectivity index (χ0n) is 15.5. The Hall–Kier alpha value is -2.61. The molecule has 0 spiro atoms. The van der Waals surface area contributed by atoms with Crippen molar-refractivity contribution in [2.24, 2.45) is 13.0 Å². The van der Waals surface area contributed by atoms with Crippen LogP contribution in [-0.2, 0) is 7.05 Å². The van der Waals surface area contributed by atoms with Crippen LogP contribution in [0.4, 0.5) is 5.13 Å². The lowest BCUT2D eigenvalue weighted by Gasteiger charge is -2.32. The number of anilines is 1. The topological polar surface area (TPSA) is 72.3 Å². The molecule has 1 aliphatic rings. The summed E-state index contributed by atoms with van der Waals surface area (Å²) in [6.07, 6.45) is 4.09. The van der Waals surface area contributed by atoms with Gasteiger partial charge in [-0.25, -0.2) is 9.67 Å². The van der Waals surface area contributed by atoms with Crippen molar-refractivity contribution >= 4 is 33.3 Å². The first-order chi connectivity index (χ1) is 13.2. The molecule has 1 N–H and O–H groups in total. The van der Waals surface area contributed by atoms with Crippen LogP contribution in [0.3, 0.4) is 0 Å². The normalized spacial score (nSPS) is 17.3. The van der Waals surface area contributed by atoms with E-state index in [0.29, 0.717) is 23.9 Å². The summed E-state index contributed by atoms with van der Waals surface area (Å²) in [7, 11) is 3.45. The largest absolute Gasteiger partial charge is 0.481 e. The third-order valence-electron chi connectivity index (χ3n) is 5.00. The molecule has 0 unspecified atom stereocenters. The number of benzene rings is 1. The number of nitrogens with one attached hydrogen (secondary N) is 1. The lowest BCUT2D eigenvalue weighted by atomic mass is 9.98. The van der Waals surface area contributed by atoms with E-state index in [9.17, 15) is 4.79 Å². The molecule has 0 aliphatic carbocycles. The van der Waals surface area contributed by atoms with Crippen molar-refractivity contribution in [3.8, 4) is 5.88 Å². The molecule has 1 amide bonds. The van der Waals surface area contributed by atoms with Gasteiger partial charge in [-0.3, -0.25) is 4.79 Å². The highest BCUT2D eigenvalue weighted by molar-refractivity contribution is 7.13. The van der Waals surface area contributed by atoms with Gasteiger partial charge in [0.2, 0.25) is 5.88 Å². The minimum Gasteiger partial charge on any atom is -0.481 e. The minimum atomic E-state index is -0.0621. The molecule has 1 fully saturated rings. The van der Waals surface area contributed by atoms with E-state index in [-0.39, 0.29) is 5.91 Å². The number of rotatable bonds is 5. The van der Waals surface area contributed by atoms with Crippen molar-refractivity contribution in [3.63, 3.8) is 0 Å². The molecule has 3 aromatic rings. The Bertz CT molecular complexity index is 937. The molecule has 2 aromatic heterocycles. The van der Waals surface area contributed by atoms with Gasteiger partial charge < -0.3 is 15.0 Å². The van der Waals surface area contributed by atoms with E-state index in [4.69, 9.17) is 4.74 Å². The number of hydrogen-bond acceptors (Lipinski definition) is 6. The van der Waals surface area contributed by atoms with Crippen LogP contribution in [0.1, 0.15) is 23.2 Å². The summed E-state index contributed by atoms with van der Waals surface area (Å²) in [4.78, 5) is 19.3. The molecule has 142 valence electrons. The number of carbonyl (C=O) groups excluding carboxylic acids is 1. The van der Waals surface area contributed by atoms with Crippen molar-refractivity contribution in [1.29, 1.82) is 0 Å². The second kappa shape index (κ2) is 7.56. The van der Waals surface area contributed by atoms with Crippen LogP contribution < -0.4 is 15.0 Å². The standard InChI is InChI=1S/C19H23N5O2S/c1-23-18(26-2)15-6-5-14(10-16(15)22-23)17(25)21-11-13-4-3-8-24(12-13)19-20-7-9-27-19/h5-7,9-10,13H,3-4,8,11-12H2,1-2H3,(H,21,25)/t13-/m1/s1. The highest BCUT2D eigenvalue weighted by Gasteiger charge is 2.22. The van der Waals surface area contributed by atoms with Crippen LogP contribution in [0.5, 0.6) is 5.88 Å². The van der Waals surface area contributed by atoms with Gasteiger partial charge in [0.05, 0.1) is 18.0 Å². The SMILES string of the molecule is COc1c2ccc(C(=O)NC[C@H]3CCCN(c4nccs4)C3)cc2nn1C. The van der Waals surface area contributed by atoms with Gasteiger partial charge in [-0.1, -0.05) is 0 Å². The number of carbonyl (C=O) groups is 1. The fraction of sp³-hybridized carbons (Fsp3) is 0.421. The molecule has 8 heteroatoms. The van der Waals surface area contributed by atoms with Crippen LogP contribution in [0, 0.1) is 5.92 Å². The number of methoxy groups -OCH3 is 1. The Morgan fingerprint density at radius 3 is 3.11 bits per heavy atom. The average molecular weight is 385 g/mol. The van der Waals surface area contributed by atoms with E-state index in [1.807, 2.05) is 36.8 Å². The maximum Gasteiger partial charge on any atom is 0.251 e. The molecule has 0 radical (unpaired) electrons. The quantitative estimate of drug-likeness (QED) is 0.731. The predicted molar refractivity (Wildman–Crippen MR) is 107 cm³/mol. The summed E-state index contributed by atoms with van der Waals surface area (Å²) in [5.74, 6) is 1.07. The first-order valence-electron chi connectivity index (χ1n) is 9.09. The number of fused-ring (bicyclic) bond motifs is 1. The highest BCUT2D eigenvalue weighted by Crippen LogP contribution is 2.26. The molecule has 27 heavy (non-hydrogen) atoms. The number of ether oxygens (including phenoxy) is 1. The molecule has 1 saturated heterocycles. The van der Waals surface area contributed by atoms with Gasteiger partial charge in [0.25, 0.3) is 5.91 Å². The van der Waals surface area contributed by atoms with Crippen molar-refractivity contribution in [2.45, 2.75) is 12.8 Å². The summed E-state index contributed by atoms with van der Waals surface area (Å²) in [6.45, 7) is 2.64. The number of aryl methyl sites for hydroxylation is 1. The summed E-state index contributed by atoms with van der Waals surface area (Å²) >= 11 is 1.67. The zero-order chi connectivity index (χ0) is 18.8. The molecule has 1 aromatic carbocycles. The second-order valence-corrected chi connectivity index (χ2v) is 7.72. The Kier molecular flexibility index (Phi) is 4.98. The lowest BCUT2D eigenvalue weighted by molar-refractivity contribution is 0.0946. The van der Waals surface area contributed by atoms with Crippen LogP contribution in [0.15, 0.2) is 29.8 Å². The second-order valence-electron chi connectivity index (χ2n) is 6.84. The molecule has 4 rings (SSSR count). The monoisotopic (exact) mass is 385 g/mol. The van der Waals surface area contributed by atoms with Crippen molar-refractivity contribution in [2.75, 3.05) is 31.6 Å². The third-order valence-corrected chi connectivity index (χ3v) is 5.83. The summed E-state index contributed by atoms with van der Waals surface area (Å²) < 4.78 is 7.04. The van der Waals surface area contributed by atoms with Crippen LogP contribution in [0.2, 0.25) is 0 Å². The van der Waals surface area contributed by atoms with E-state index >= 15 is 0 Å². The molecule has 1 atom stereocenters. The van der Waals surface area contributed by atoms with Gasteiger partial charge in [0, 0.05) is 43.8 Å². The Balaban J connectivity index is 1.39. The molecule has 0 bridgehead atoms. The average Bonchev–Trinajstić information content (AvgIpc) is 3.32. The van der Waals surface area contributed by atoms with Gasteiger partial charge in [0.1, 0.15) is 0 Å².